The molecule has 0 bridgehead atoms. The minimum Gasteiger partial charge on any atom is -0.379 e. The van der Waals surface area contributed by atoms with Gasteiger partial charge in [0.15, 0.2) is 0 Å². The van der Waals surface area contributed by atoms with E-state index in [-0.39, 0.29) is 4.90 Å². The molecule has 1 aliphatic heterocycles. The monoisotopic (exact) mass is 414 g/mol. The van der Waals surface area contributed by atoms with E-state index in [0.717, 1.165) is 29.8 Å². The Morgan fingerprint density at radius 2 is 1.61 bits per heavy atom. The number of hydrogen-bond donors (Lipinski definition) is 1. The van der Waals surface area contributed by atoms with Gasteiger partial charge in [0.05, 0.1) is 29.7 Å². The molecule has 0 saturated carbocycles. The number of halogens is 3. The molecule has 0 aromatic heterocycles. The summed E-state index contributed by atoms with van der Waals surface area (Å²) in [4.78, 5) is 1.89. The summed E-state index contributed by atoms with van der Waals surface area (Å²) in [6.45, 7) is 2.96. The van der Waals surface area contributed by atoms with Crippen LogP contribution in [-0.2, 0) is 20.9 Å². The highest BCUT2D eigenvalue weighted by Gasteiger charge is 2.31. The second-order valence-electron chi connectivity index (χ2n) is 6.52. The summed E-state index contributed by atoms with van der Waals surface area (Å²) in [7, 11) is -4.00. The molecule has 5 nitrogen and oxygen atoms in total. The molecule has 1 fully saturated rings. The number of sulfonamides is 1. The molecule has 1 atom stereocenters. The van der Waals surface area contributed by atoms with Crippen LogP contribution < -0.4 is 4.72 Å². The smallest absolute Gasteiger partial charge is 0.379 e. The predicted octanol–water partition coefficient (Wildman–Crippen LogP) is 3.06. The molecule has 152 valence electrons. The van der Waals surface area contributed by atoms with Gasteiger partial charge in [-0.3, -0.25) is 4.90 Å². The summed E-state index contributed by atoms with van der Waals surface area (Å²) < 4.78 is 71.7. The lowest BCUT2D eigenvalue weighted by Crippen LogP contribution is -2.43. The zero-order valence-electron chi connectivity index (χ0n) is 15.0. The maximum Gasteiger partial charge on any atom is 0.416 e. The fraction of sp³-hybridized carbons (Fsp3) is 0.368. The van der Waals surface area contributed by atoms with E-state index in [4.69, 9.17) is 4.74 Å². The molecule has 1 saturated heterocycles. The van der Waals surface area contributed by atoms with Crippen molar-refractivity contribution >= 4 is 10.0 Å². The van der Waals surface area contributed by atoms with Gasteiger partial charge in [-0.1, -0.05) is 30.3 Å². The van der Waals surface area contributed by atoms with Crippen LogP contribution in [0.1, 0.15) is 17.2 Å². The second kappa shape index (κ2) is 8.60. The van der Waals surface area contributed by atoms with Crippen molar-refractivity contribution in [1.29, 1.82) is 0 Å². The van der Waals surface area contributed by atoms with E-state index in [1.165, 1.54) is 0 Å². The van der Waals surface area contributed by atoms with Gasteiger partial charge in [0, 0.05) is 19.6 Å². The highest BCUT2D eigenvalue weighted by Crippen LogP contribution is 2.30. The van der Waals surface area contributed by atoms with E-state index in [1.807, 2.05) is 30.3 Å². The van der Waals surface area contributed by atoms with Crippen LogP contribution in [0.15, 0.2) is 59.5 Å². The first-order valence-corrected chi connectivity index (χ1v) is 10.3. The average Bonchev–Trinajstić information content (AvgIpc) is 2.68. The lowest BCUT2D eigenvalue weighted by Gasteiger charge is -2.31. The quantitative estimate of drug-likeness (QED) is 0.790. The van der Waals surface area contributed by atoms with Crippen molar-refractivity contribution in [2.45, 2.75) is 17.1 Å². The minimum atomic E-state index is -4.52. The number of ether oxygens (including phenoxy) is 1. The lowest BCUT2D eigenvalue weighted by molar-refractivity contribution is -0.137. The van der Waals surface area contributed by atoms with E-state index in [2.05, 4.69) is 9.62 Å². The number of alkyl halides is 3. The molecule has 2 aromatic rings. The Labute approximate surface area is 162 Å². The number of morpholine rings is 1. The fourth-order valence-electron chi connectivity index (χ4n) is 3.02. The van der Waals surface area contributed by atoms with E-state index in [0.29, 0.717) is 32.8 Å². The number of benzene rings is 2. The average molecular weight is 414 g/mol. The van der Waals surface area contributed by atoms with Crippen LogP contribution in [0.25, 0.3) is 0 Å². The van der Waals surface area contributed by atoms with Gasteiger partial charge in [-0.2, -0.15) is 13.2 Å². The zero-order chi connectivity index (χ0) is 20.2. The first-order valence-electron chi connectivity index (χ1n) is 8.80. The van der Waals surface area contributed by atoms with Crippen LogP contribution in [0.2, 0.25) is 0 Å². The molecule has 0 spiro atoms. The van der Waals surface area contributed by atoms with Gasteiger partial charge in [0.2, 0.25) is 10.0 Å². The van der Waals surface area contributed by atoms with Crippen LogP contribution in [0.4, 0.5) is 13.2 Å². The molecule has 1 heterocycles. The normalized spacial score (nSPS) is 17.4. The summed E-state index contributed by atoms with van der Waals surface area (Å²) in [5, 5.41) is 0. The molecule has 0 aliphatic carbocycles. The van der Waals surface area contributed by atoms with Crippen LogP contribution in [0.3, 0.4) is 0 Å². The Morgan fingerprint density at radius 1 is 1.00 bits per heavy atom. The molecule has 9 heteroatoms. The van der Waals surface area contributed by atoms with Crippen molar-refractivity contribution in [2.24, 2.45) is 0 Å². The maximum atomic E-state index is 12.8. The Hall–Kier alpha value is -1.94. The molecule has 28 heavy (non-hydrogen) atoms. The minimum absolute atomic E-state index is 0.205. The van der Waals surface area contributed by atoms with Crippen molar-refractivity contribution in [1.82, 2.24) is 9.62 Å². The molecule has 1 N–H and O–H groups in total. The van der Waals surface area contributed by atoms with Crippen molar-refractivity contribution in [3.63, 3.8) is 0 Å². The Bertz CT molecular complexity index is 866. The van der Waals surface area contributed by atoms with Crippen molar-refractivity contribution in [3.05, 3.63) is 65.7 Å². The SMILES string of the molecule is O=S(=O)(N[C@H](CN1CCOCC1)c1ccccc1)c1ccc(C(F)(F)F)cc1. The van der Waals surface area contributed by atoms with Crippen LogP contribution in [-0.4, -0.2) is 46.2 Å². The first-order chi connectivity index (χ1) is 13.3. The molecule has 2 aromatic carbocycles. The van der Waals surface area contributed by atoms with E-state index in [9.17, 15) is 21.6 Å². The molecular weight excluding hydrogens is 393 g/mol. The number of rotatable bonds is 6. The molecular formula is C19H21F3N2O3S. The van der Waals surface area contributed by atoms with Crippen molar-refractivity contribution in [3.8, 4) is 0 Å². The van der Waals surface area contributed by atoms with Gasteiger partial charge in [-0.15, -0.1) is 0 Å². The van der Waals surface area contributed by atoms with E-state index in [1.54, 1.807) is 0 Å². The lowest BCUT2D eigenvalue weighted by atomic mass is 10.1. The number of hydrogen-bond acceptors (Lipinski definition) is 4. The third kappa shape index (κ3) is 5.32. The summed E-state index contributed by atoms with van der Waals surface area (Å²) in [6, 6.07) is 12.1. The zero-order valence-corrected chi connectivity index (χ0v) is 15.8. The van der Waals surface area contributed by atoms with Crippen LogP contribution in [0.5, 0.6) is 0 Å². The van der Waals surface area contributed by atoms with Gasteiger partial charge < -0.3 is 4.74 Å². The van der Waals surface area contributed by atoms with Crippen LogP contribution in [0, 0.1) is 0 Å². The first kappa shape index (κ1) is 20.8. The highest BCUT2D eigenvalue weighted by atomic mass is 32.2. The molecule has 0 radical (unpaired) electrons. The Morgan fingerprint density at radius 3 is 2.18 bits per heavy atom. The third-order valence-corrected chi connectivity index (χ3v) is 6.02. The molecule has 0 amide bonds. The standard InChI is InChI=1S/C19H21F3N2O3S/c20-19(21,22)16-6-8-17(9-7-16)28(25,26)23-18(15-4-2-1-3-5-15)14-24-10-12-27-13-11-24/h1-9,18,23H,10-14H2/t18-/m1/s1. The van der Waals surface area contributed by atoms with Crippen molar-refractivity contribution < 1.29 is 26.3 Å². The summed E-state index contributed by atoms with van der Waals surface area (Å²) in [6.07, 6.45) is -4.52. The Balaban J connectivity index is 1.82. The van der Waals surface area contributed by atoms with E-state index < -0.39 is 27.8 Å². The third-order valence-electron chi connectivity index (χ3n) is 4.54. The van der Waals surface area contributed by atoms with Gasteiger partial charge >= 0.3 is 6.18 Å². The number of nitrogens with zero attached hydrogens (tertiary/aromatic N) is 1. The topological polar surface area (TPSA) is 58.6 Å². The van der Waals surface area contributed by atoms with Gasteiger partial charge in [0.1, 0.15) is 0 Å². The molecule has 1 aliphatic rings. The van der Waals surface area contributed by atoms with Gasteiger partial charge in [-0.25, -0.2) is 13.1 Å². The Kier molecular flexibility index (Phi) is 6.39. The molecule has 3 rings (SSSR count). The largest absolute Gasteiger partial charge is 0.416 e. The van der Waals surface area contributed by atoms with E-state index >= 15 is 0 Å². The second-order valence-corrected chi connectivity index (χ2v) is 8.23. The highest BCUT2D eigenvalue weighted by molar-refractivity contribution is 7.89. The molecule has 0 unspecified atom stereocenters. The summed E-state index contributed by atoms with van der Waals surface area (Å²) in [5.41, 5.74) is -0.108. The summed E-state index contributed by atoms with van der Waals surface area (Å²) >= 11 is 0. The van der Waals surface area contributed by atoms with Crippen molar-refractivity contribution in [2.75, 3.05) is 32.8 Å². The maximum absolute atomic E-state index is 12.8. The van der Waals surface area contributed by atoms with Crippen LogP contribution >= 0.6 is 0 Å². The predicted molar refractivity (Wildman–Crippen MR) is 98.2 cm³/mol. The van der Waals surface area contributed by atoms with Gasteiger partial charge in [0.25, 0.3) is 0 Å². The van der Waals surface area contributed by atoms with Gasteiger partial charge in [-0.05, 0) is 29.8 Å². The number of nitrogens with one attached hydrogen (secondary N) is 1. The summed E-state index contributed by atoms with van der Waals surface area (Å²) in [5.74, 6) is 0. The fourth-order valence-corrected chi connectivity index (χ4v) is 4.23.